The van der Waals surface area contributed by atoms with E-state index < -0.39 is 0 Å². The second-order valence-corrected chi connectivity index (χ2v) is 8.78. The Morgan fingerprint density at radius 1 is 1.10 bits per heavy atom. The number of amides is 1. The van der Waals surface area contributed by atoms with E-state index in [1.165, 1.54) is 35.2 Å². The van der Waals surface area contributed by atoms with Crippen molar-refractivity contribution >= 4 is 29.0 Å². The van der Waals surface area contributed by atoms with Crippen LogP contribution in [-0.4, -0.2) is 30.9 Å². The number of benzene rings is 2. The summed E-state index contributed by atoms with van der Waals surface area (Å²) < 4.78 is 14.9. The van der Waals surface area contributed by atoms with Gasteiger partial charge in [-0.15, -0.1) is 20.4 Å². The van der Waals surface area contributed by atoms with Crippen LogP contribution in [0.2, 0.25) is 0 Å². The zero-order chi connectivity index (χ0) is 21.8. The fraction of sp³-hybridized carbons (Fsp3) is 0.190. The van der Waals surface area contributed by atoms with Gasteiger partial charge in [0.15, 0.2) is 11.0 Å². The van der Waals surface area contributed by atoms with Crippen LogP contribution in [0.1, 0.15) is 25.9 Å². The molecule has 0 spiro atoms. The number of hydrogen-bond donors (Lipinski definition) is 1. The molecule has 0 bridgehead atoms. The number of nitrogens with zero attached hydrogens (tertiary/aromatic N) is 5. The van der Waals surface area contributed by atoms with E-state index in [-0.39, 0.29) is 16.7 Å². The standard InChI is InChI=1S/C21H19FN6OS2/c1-13-5-3-4-6-16(13)18-25-27-21(28(18)2)30-12-17-24-26-20(31-17)19(29)23-11-14-7-9-15(22)10-8-14/h3-10H,11-12H2,1-2H3,(H,23,29). The Kier molecular flexibility index (Phi) is 6.38. The molecule has 4 rings (SSSR count). The highest BCUT2D eigenvalue weighted by Crippen LogP contribution is 2.27. The maximum Gasteiger partial charge on any atom is 0.282 e. The van der Waals surface area contributed by atoms with Crippen LogP contribution >= 0.6 is 23.1 Å². The molecule has 7 nitrogen and oxygen atoms in total. The van der Waals surface area contributed by atoms with Crippen molar-refractivity contribution in [3.63, 3.8) is 0 Å². The monoisotopic (exact) mass is 454 g/mol. The molecule has 0 saturated carbocycles. The van der Waals surface area contributed by atoms with Gasteiger partial charge in [0.2, 0.25) is 5.01 Å². The summed E-state index contributed by atoms with van der Waals surface area (Å²) in [6.45, 7) is 2.34. The summed E-state index contributed by atoms with van der Waals surface area (Å²) in [5, 5.41) is 21.2. The van der Waals surface area contributed by atoms with Crippen molar-refractivity contribution in [2.24, 2.45) is 7.05 Å². The van der Waals surface area contributed by atoms with Gasteiger partial charge in [0.05, 0.1) is 5.75 Å². The molecule has 0 radical (unpaired) electrons. The molecule has 158 valence electrons. The van der Waals surface area contributed by atoms with Gasteiger partial charge in [0.25, 0.3) is 5.91 Å². The normalized spacial score (nSPS) is 10.9. The number of nitrogens with one attached hydrogen (secondary N) is 1. The predicted molar refractivity (Wildman–Crippen MR) is 118 cm³/mol. The van der Waals surface area contributed by atoms with Crippen molar-refractivity contribution in [3.05, 3.63) is 75.5 Å². The van der Waals surface area contributed by atoms with Gasteiger partial charge in [-0.05, 0) is 30.2 Å². The highest BCUT2D eigenvalue weighted by molar-refractivity contribution is 7.98. The first kappa shape index (κ1) is 21.1. The second kappa shape index (κ2) is 9.36. The van der Waals surface area contributed by atoms with Crippen LogP contribution in [0.25, 0.3) is 11.4 Å². The molecule has 0 atom stereocenters. The largest absolute Gasteiger partial charge is 0.346 e. The van der Waals surface area contributed by atoms with Gasteiger partial charge in [-0.2, -0.15) is 0 Å². The third-order valence-corrected chi connectivity index (χ3v) is 6.71. The summed E-state index contributed by atoms with van der Waals surface area (Å²) in [5.74, 6) is 0.718. The highest BCUT2D eigenvalue weighted by atomic mass is 32.2. The van der Waals surface area contributed by atoms with E-state index >= 15 is 0 Å². The molecule has 1 N–H and O–H groups in total. The van der Waals surface area contributed by atoms with E-state index in [4.69, 9.17) is 0 Å². The average Bonchev–Trinajstić information content (AvgIpc) is 3.39. The Morgan fingerprint density at radius 3 is 2.65 bits per heavy atom. The van der Waals surface area contributed by atoms with Crippen LogP contribution in [0.3, 0.4) is 0 Å². The topological polar surface area (TPSA) is 85.6 Å². The summed E-state index contributed by atoms with van der Waals surface area (Å²) >= 11 is 2.72. The molecule has 0 aliphatic carbocycles. The van der Waals surface area contributed by atoms with E-state index in [9.17, 15) is 9.18 Å². The molecule has 31 heavy (non-hydrogen) atoms. The van der Waals surface area contributed by atoms with Gasteiger partial charge in [0, 0.05) is 19.2 Å². The fourth-order valence-corrected chi connectivity index (χ4v) is 4.54. The van der Waals surface area contributed by atoms with Crippen molar-refractivity contribution in [2.75, 3.05) is 0 Å². The summed E-state index contributed by atoms with van der Waals surface area (Å²) in [6.07, 6.45) is 0. The number of hydrogen-bond acceptors (Lipinski definition) is 7. The van der Waals surface area contributed by atoms with Gasteiger partial charge in [-0.25, -0.2) is 4.39 Å². The summed E-state index contributed by atoms with van der Waals surface area (Å²) in [4.78, 5) is 12.3. The van der Waals surface area contributed by atoms with E-state index in [0.717, 1.165) is 32.7 Å². The minimum atomic E-state index is -0.310. The molecule has 0 aliphatic rings. The molecule has 0 aliphatic heterocycles. The molecule has 0 saturated heterocycles. The Morgan fingerprint density at radius 2 is 1.87 bits per heavy atom. The lowest BCUT2D eigenvalue weighted by Gasteiger charge is -2.05. The van der Waals surface area contributed by atoms with Crippen LogP contribution in [-0.2, 0) is 19.3 Å². The molecule has 10 heteroatoms. The van der Waals surface area contributed by atoms with Crippen LogP contribution in [0, 0.1) is 12.7 Å². The van der Waals surface area contributed by atoms with Gasteiger partial charge in [-0.3, -0.25) is 4.79 Å². The second-order valence-electron chi connectivity index (χ2n) is 6.78. The molecule has 2 aromatic heterocycles. The van der Waals surface area contributed by atoms with Crippen LogP contribution < -0.4 is 5.32 Å². The van der Waals surface area contributed by atoms with Crippen molar-refractivity contribution in [2.45, 2.75) is 24.4 Å². The molecule has 2 aromatic carbocycles. The van der Waals surface area contributed by atoms with E-state index in [0.29, 0.717) is 12.3 Å². The molecule has 4 aromatic rings. The Bertz CT molecular complexity index is 1200. The first-order chi connectivity index (χ1) is 15.0. The zero-order valence-corrected chi connectivity index (χ0v) is 18.5. The molecule has 0 unspecified atom stereocenters. The first-order valence-corrected chi connectivity index (χ1v) is 11.2. The predicted octanol–water partition coefficient (Wildman–Crippen LogP) is 4.00. The van der Waals surface area contributed by atoms with Crippen LogP contribution in [0.5, 0.6) is 0 Å². The lowest BCUT2D eigenvalue weighted by Crippen LogP contribution is -2.22. The first-order valence-electron chi connectivity index (χ1n) is 9.44. The van der Waals surface area contributed by atoms with Crippen molar-refractivity contribution in [1.82, 2.24) is 30.3 Å². The SMILES string of the molecule is Cc1ccccc1-c1nnc(SCc2nnc(C(=O)NCc3ccc(F)cc3)s2)n1C. The molecule has 2 heterocycles. The summed E-state index contributed by atoms with van der Waals surface area (Å²) in [5.41, 5.74) is 2.98. The van der Waals surface area contributed by atoms with E-state index in [2.05, 4.69) is 25.7 Å². The lowest BCUT2D eigenvalue weighted by atomic mass is 10.1. The Hall–Kier alpha value is -3.11. The number of aromatic nitrogens is 5. The number of halogens is 1. The highest BCUT2D eigenvalue weighted by Gasteiger charge is 2.16. The number of aryl methyl sites for hydroxylation is 1. The zero-order valence-electron chi connectivity index (χ0n) is 16.9. The van der Waals surface area contributed by atoms with Crippen LogP contribution in [0.4, 0.5) is 4.39 Å². The maximum atomic E-state index is 13.0. The average molecular weight is 455 g/mol. The smallest absolute Gasteiger partial charge is 0.282 e. The minimum absolute atomic E-state index is 0.288. The minimum Gasteiger partial charge on any atom is -0.346 e. The summed E-state index contributed by atoms with van der Waals surface area (Å²) in [6, 6.07) is 14.0. The molecular weight excluding hydrogens is 435 g/mol. The van der Waals surface area contributed by atoms with Crippen LogP contribution in [0.15, 0.2) is 53.7 Å². The Labute approximate surface area is 186 Å². The van der Waals surface area contributed by atoms with E-state index in [1.807, 2.05) is 42.8 Å². The van der Waals surface area contributed by atoms with Gasteiger partial charge >= 0.3 is 0 Å². The quantitative estimate of drug-likeness (QED) is 0.425. The molecular formula is C21H19FN6OS2. The van der Waals surface area contributed by atoms with Gasteiger partial charge in [0.1, 0.15) is 10.8 Å². The number of rotatable bonds is 7. The van der Waals surface area contributed by atoms with Crippen molar-refractivity contribution in [1.29, 1.82) is 0 Å². The number of carbonyl (C=O) groups is 1. The fourth-order valence-electron chi connectivity index (χ4n) is 2.89. The molecule has 0 fully saturated rings. The Balaban J connectivity index is 1.36. The van der Waals surface area contributed by atoms with E-state index in [1.54, 1.807) is 12.1 Å². The lowest BCUT2D eigenvalue weighted by molar-refractivity contribution is 0.0950. The van der Waals surface area contributed by atoms with Gasteiger partial charge in [-0.1, -0.05) is 59.5 Å². The van der Waals surface area contributed by atoms with Crippen molar-refractivity contribution in [3.8, 4) is 11.4 Å². The molecule has 1 amide bonds. The number of thioether (sulfide) groups is 1. The van der Waals surface area contributed by atoms with Gasteiger partial charge < -0.3 is 9.88 Å². The third kappa shape index (κ3) is 4.97. The summed E-state index contributed by atoms with van der Waals surface area (Å²) in [7, 11) is 1.93. The third-order valence-electron chi connectivity index (χ3n) is 4.57. The van der Waals surface area contributed by atoms with Crippen molar-refractivity contribution < 1.29 is 9.18 Å². The number of carbonyl (C=O) groups excluding carboxylic acids is 1. The maximum absolute atomic E-state index is 13.0.